The van der Waals surface area contributed by atoms with Crippen molar-refractivity contribution in [1.82, 2.24) is 14.9 Å². The SMILES string of the molecule is Cc1cc(B2OC(C)(C)C(C)(C)O2)cc2cc(C(=O)NC3(C)CCS(=O)(=O)CC3)nn12. The van der Waals surface area contributed by atoms with E-state index >= 15 is 0 Å². The van der Waals surface area contributed by atoms with Gasteiger partial charge in [-0.15, -0.1) is 0 Å². The van der Waals surface area contributed by atoms with E-state index in [0.717, 1.165) is 16.7 Å². The molecular weight excluding hydrogens is 417 g/mol. The normalized spacial score (nSPS) is 23.7. The molecule has 0 saturated carbocycles. The van der Waals surface area contributed by atoms with Crippen molar-refractivity contribution in [2.45, 2.75) is 71.1 Å². The molecule has 0 bridgehead atoms. The maximum absolute atomic E-state index is 12.9. The quantitative estimate of drug-likeness (QED) is 0.719. The Morgan fingerprint density at radius 3 is 2.23 bits per heavy atom. The maximum Gasteiger partial charge on any atom is 0.494 e. The van der Waals surface area contributed by atoms with Crippen LogP contribution in [0.4, 0.5) is 0 Å². The highest BCUT2D eigenvalue weighted by Crippen LogP contribution is 2.36. The minimum absolute atomic E-state index is 0.0888. The number of fused-ring (bicyclic) bond motifs is 1. The predicted octanol–water partition coefficient (Wildman–Crippen LogP) is 1.64. The summed E-state index contributed by atoms with van der Waals surface area (Å²) in [6.45, 7) is 11.8. The summed E-state index contributed by atoms with van der Waals surface area (Å²) in [6.07, 6.45) is 0.805. The number of nitrogens with zero attached hydrogens (tertiary/aromatic N) is 2. The smallest absolute Gasteiger partial charge is 0.399 e. The van der Waals surface area contributed by atoms with Gasteiger partial charge in [-0.2, -0.15) is 5.10 Å². The second-order valence-electron chi connectivity index (χ2n) is 10.1. The molecule has 2 aromatic heterocycles. The van der Waals surface area contributed by atoms with Crippen LogP contribution in [0.1, 0.15) is 63.6 Å². The average molecular weight is 447 g/mol. The standard InChI is InChI=1S/C21H30BN3O5S/c1-14-11-15(22-29-19(2,3)20(4,5)30-22)12-16-13-17(24-25(14)16)18(26)23-21(6)7-9-31(27,28)10-8-21/h11-13H,7-10H2,1-6H3,(H,23,26). The maximum atomic E-state index is 12.9. The first-order valence-electron chi connectivity index (χ1n) is 10.6. The van der Waals surface area contributed by atoms with Crippen molar-refractivity contribution in [3.63, 3.8) is 0 Å². The lowest BCUT2D eigenvalue weighted by Gasteiger charge is -2.34. The molecule has 10 heteroatoms. The Morgan fingerprint density at radius 2 is 1.65 bits per heavy atom. The number of hydrogen-bond donors (Lipinski definition) is 1. The summed E-state index contributed by atoms with van der Waals surface area (Å²) in [7, 11) is -3.50. The molecule has 2 fully saturated rings. The van der Waals surface area contributed by atoms with Crippen LogP contribution in [0.2, 0.25) is 0 Å². The van der Waals surface area contributed by atoms with E-state index < -0.39 is 33.7 Å². The van der Waals surface area contributed by atoms with Gasteiger partial charge in [-0.1, -0.05) is 0 Å². The van der Waals surface area contributed by atoms with Crippen molar-refractivity contribution in [2.24, 2.45) is 0 Å². The number of aryl methyl sites for hydroxylation is 1. The van der Waals surface area contributed by atoms with Crippen LogP contribution in [0.3, 0.4) is 0 Å². The van der Waals surface area contributed by atoms with E-state index in [0.29, 0.717) is 18.5 Å². The summed E-state index contributed by atoms with van der Waals surface area (Å²) in [5.41, 5.74) is 1.37. The van der Waals surface area contributed by atoms with Gasteiger partial charge in [-0.25, -0.2) is 12.9 Å². The number of hydrogen-bond acceptors (Lipinski definition) is 6. The van der Waals surface area contributed by atoms with E-state index in [2.05, 4.69) is 10.4 Å². The molecule has 1 N–H and O–H groups in total. The van der Waals surface area contributed by atoms with Crippen LogP contribution in [0, 0.1) is 6.92 Å². The average Bonchev–Trinajstić information content (AvgIpc) is 3.17. The monoisotopic (exact) mass is 447 g/mol. The molecule has 0 aliphatic carbocycles. The molecule has 31 heavy (non-hydrogen) atoms. The van der Waals surface area contributed by atoms with Crippen molar-refractivity contribution in [1.29, 1.82) is 0 Å². The van der Waals surface area contributed by atoms with Crippen LogP contribution < -0.4 is 10.8 Å². The fraction of sp³-hybridized carbons (Fsp3) is 0.619. The molecular formula is C21H30BN3O5S. The van der Waals surface area contributed by atoms with Crippen molar-refractivity contribution >= 4 is 33.8 Å². The minimum Gasteiger partial charge on any atom is -0.399 e. The molecule has 0 unspecified atom stereocenters. The Kier molecular flexibility index (Phi) is 5.07. The number of amides is 1. The van der Waals surface area contributed by atoms with E-state index in [1.54, 1.807) is 10.6 Å². The Morgan fingerprint density at radius 1 is 1.06 bits per heavy atom. The molecule has 8 nitrogen and oxygen atoms in total. The van der Waals surface area contributed by atoms with Gasteiger partial charge in [0.05, 0.1) is 28.2 Å². The van der Waals surface area contributed by atoms with Crippen molar-refractivity contribution in [2.75, 3.05) is 11.5 Å². The molecule has 2 saturated heterocycles. The van der Waals surface area contributed by atoms with E-state index in [1.165, 1.54) is 0 Å². The fourth-order valence-electron chi connectivity index (χ4n) is 3.97. The van der Waals surface area contributed by atoms with Gasteiger partial charge in [0.1, 0.15) is 9.84 Å². The van der Waals surface area contributed by atoms with Crippen LogP contribution >= 0.6 is 0 Å². The van der Waals surface area contributed by atoms with Gasteiger partial charge in [-0.3, -0.25) is 4.79 Å². The third-order valence-electron chi connectivity index (χ3n) is 6.86. The number of rotatable bonds is 3. The lowest BCUT2D eigenvalue weighted by atomic mass is 9.79. The second kappa shape index (κ2) is 7.05. The molecule has 0 aromatic carbocycles. The highest BCUT2D eigenvalue weighted by Gasteiger charge is 2.51. The molecule has 2 aliphatic rings. The van der Waals surface area contributed by atoms with Crippen molar-refractivity contribution in [3.8, 4) is 0 Å². The van der Waals surface area contributed by atoms with Gasteiger partial charge in [0, 0.05) is 11.2 Å². The number of nitrogens with one attached hydrogen (secondary N) is 1. The van der Waals surface area contributed by atoms with Gasteiger partial charge >= 0.3 is 7.12 Å². The molecule has 1 amide bonds. The molecule has 4 heterocycles. The van der Waals surface area contributed by atoms with Gasteiger partial charge in [0.15, 0.2) is 5.69 Å². The van der Waals surface area contributed by atoms with Gasteiger partial charge in [-0.05, 0) is 78.0 Å². The Balaban J connectivity index is 1.57. The highest BCUT2D eigenvalue weighted by molar-refractivity contribution is 7.91. The first-order chi connectivity index (χ1) is 14.2. The first kappa shape index (κ1) is 22.3. The van der Waals surface area contributed by atoms with Crippen LogP contribution in [0.5, 0.6) is 0 Å². The largest absolute Gasteiger partial charge is 0.494 e. The first-order valence-corrected chi connectivity index (χ1v) is 12.4. The van der Waals surface area contributed by atoms with Crippen LogP contribution in [0.25, 0.3) is 5.52 Å². The molecule has 0 atom stereocenters. The lowest BCUT2D eigenvalue weighted by molar-refractivity contribution is 0.00578. The van der Waals surface area contributed by atoms with Gasteiger partial charge in [0.2, 0.25) is 0 Å². The van der Waals surface area contributed by atoms with E-state index in [4.69, 9.17) is 9.31 Å². The molecule has 168 valence electrons. The molecule has 0 radical (unpaired) electrons. The summed E-state index contributed by atoms with van der Waals surface area (Å²) >= 11 is 0. The Labute approximate surface area is 183 Å². The zero-order chi connectivity index (χ0) is 22.8. The highest BCUT2D eigenvalue weighted by atomic mass is 32.2. The predicted molar refractivity (Wildman–Crippen MR) is 119 cm³/mol. The second-order valence-corrected chi connectivity index (χ2v) is 12.4. The number of sulfone groups is 1. The van der Waals surface area contributed by atoms with Crippen LogP contribution in [0.15, 0.2) is 18.2 Å². The van der Waals surface area contributed by atoms with Gasteiger partial charge in [0.25, 0.3) is 5.91 Å². The number of carbonyl (C=O) groups is 1. The minimum atomic E-state index is -3.00. The zero-order valence-corrected chi connectivity index (χ0v) is 19.8. The Bertz CT molecular complexity index is 1130. The van der Waals surface area contributed by atoms with Crippen molar-refractivity contribution < 1.29 is 22.5 Å². The van der Waals surface area contributed by atoms with Crippen molar-refractivity contribution in [3.05, 3.63) is 29.6 Å². The third kappa shape index (κ3) is 4.13. The van der Waals surface area contributed by atoms with E-state index in [9.17, 15) is 13.2 Å². The molecule has 4 rings (SSSR count). The topological polar surface area (TPSA) is 99.0 Å². The lowest BCUT2D eigenvalue weighted by Crippen LogP contribution is -2.51. The van der Waals surface area contributed by atoms with Crippen LogP contribution in [-0.4, -0.2) is 59.3 Å². The summed E-state index contributed by atoms with van der Waals surface area (Å²) < 4.78 is 37.5. The zero-order valence-electron chi connectivity index (χ0n) is 19.0. The third-order valence-corrected chi connectivity index (χ3v) is 8.52. The van der Waals surface area contributed by atoms with Crippen LogP contribution in [-0.2, 0) is 19.1 Å². The summed E-state index contributed by atoms with van der Waals surface area (Å²) in [6, 6.07) is 5.62. The van der Waals surface area contributed by atoms with Gasteiger partial charge < -0.3 is 14.6 Å². The summed E-state index contributed by atoms with van der Waals surface area (Å²) in [5.74, 6) is -0.126. The number of aromatic nitrogens is 2. The fourth-order valence-corrected chi connectivity index (χ4v) is 5.70. The summed E-state index contributed by atoms with van der Waals surface area (Å²) in [5, 5.41) is 7.46. The molecule has 2 aromatic rings. The van der Waals surface area contributed by atoms with E-state index in [-0.39, 0.29) is 17.4 Å². The molecule has 2 aliphatic heterocycles. The number of carbonyl (C=O) groups excluding carboxylic acids is 1. The molecule has 0 spiro atoms. The summed E-state index contributed by atoms with van der Waals surface area (Å²) in [4.78, 5) is 12.9. The van der Waals surface area contributed by atoms with E-state index in [1.807, 2.05) is 53.7 Å². The Hall–Kier alpha value is -1.91. The number of pyridine rings is 1.